The monoisotopic (exact) mass is 487 g/mol. The molecule has 8 heteroatoms. The number of rotatable bonds is 7. The number of benzene rings is 2. The number of allylic oxidation sites excluding steroid dienone is 1. The van der Waals surface area contributed by atoms with Crippen LogP contribution in [0.5, 0.6) is 11.5 Å². The molecule has 2 aromatic carbocycles. The third kappa shape index (κ3) is 6.47. The van der Waals surface area contributed by atoms with Crippen molar-refractivity contribution in [2.75, 3.05) is 7.05 Å². The summed E-state index contributed by atoms with van der Waals surface area (Å²) in [5, 5.41) is 6.17. The summed E-state index contributed by atoms with van der Waals surface area (Å²) in [7, 11) is 1.59. The first-order valence-corrected chi connectivity index (χ1v) is 11.7. The third-order valence-corrected chi connectivity index (χ3v) is 5.67. The van der Waals surface area contributed by atoms with Gasteiger partial charge in [-0.2, -0.15) is 0 Å². The SMILES string of the molecule is CNC(=O)c1ccc2nccc(Oc3ccc(CC(=O)N/C(C=NC(C)(C)C)=C/N)c(C)c3C)c2c1. The molecule has 0 saturated heterocycles. The second-order valence-electron chi connectivity index (χ2n) is 9.47. The molecule has 8 nitrogen and oxygen atoms in total. The highest BCUT2D eigenvalue weighted by Crippen LogP contribution is 2.33. The Balaban J connectivity index is 1.81. The van der Waals surface area contributed by atoms with Gasteiger partial charge in [-0.15, -0.1) is 0 Å². The Hall–Kier alpha value is -4.20. The summed E-state index contributed by atoms with van der Waals surface area (Å²) in [6.45, 7) is 9.80. The van der Waals surface area contributed by atoms with Gasteiger partial charge in [-0.3, -0.25) is 19.6 Å². The molecular weight excluding hydrogens is 454 g/mol. The Morgan fingerprint density at radius 1 is 1.08 bits per heavy atom. The number of hydrogen-bond acceptors (Lipinski definition) is 6. The first-order valence-electron chi connectivity index (χ1n) is 11.7. The molecule has 0 aliphatic carbocycles. The normalized spacial score (nSPS) is 12.1. The smallest absolute Gasteiger partial charge is 0.251 e. The topological polar surface area (TPSA) is 119 Å². The first-order chi connectivity index (χ1) is 17.0. The highest BCUT2D eigenvalue weighted by Gasteiger charge is 2.15. The zero-order valence-electron chi connectivity index (χ0n) is 21.6. The van der Waals surface area contributed by atoms with Crippen molar-refractivity contribution in [3.8, 4) is 11.5 Å². The number of pyridine rings is 1. The minimum absolute atomic E-state index is 0.182. The van der Waals surface area contributed by atoms with Crippen LogP contribution in [-0.4, -0.2) is 35.6 Å². The van der Waals surface area contributed by atoms with Gasteiger partial charge >= 0.3 is 0 Å². The van der Waals surface area contributed by atoms with Gasteiger partial charge in [0.15, 0.2) is 0 Å². The van der Waals surface area contributed by atoms with Crippen LogP contribution >= 0.6 is 0 Å². The second-order valence-corrected chi connectivity index (χ2v) is 9.47. The van der Waals surface area contributed by atoms with Crippen molar-refractivity contribution in [1.29, 1.82) is 0 Å². The highest BCUT2D eigenvalue weighted by molar-refractivity contribution is 5.99. The van der Waals surface area contributed by atoms with Gasteiger partial charge < -0.3 is 21.1 Å². The molecule has 0 saturated carbocycles. The average Bonchev–Trinajstić information content (AvgIpc) is 2.85. The molecule has 1 heterocycles. The maximum Gasteiger partial charge on any atom is 0.251 e. The van der Waals surface area contributed by atoms with Crippen LogP contribution in [0.1, 0.15) is 47.8 Å². The van der Waals surface area contributed by atoms with Gasteiger partial charge in [0.2, 0.25) is 5.91 Å². The summed E-state index contributed by atoms with van der Waals surface area (Å²) in [4.78, 5) is 33.5. The minimum Gasteiger partial charge on any atom is -0.456 e. The molecular formula is C28H33N5O3. The molecule has 0 spiro atoms. The van der Waals surface area contributed by atoms with Gasteiger partial charge in [0.05, 0.1) is 23.2 Å². The number of nitrogens with one attached hydrogen (secondary N) is 2. The van der Waals surface area contributed by atoms with E-state index < -0.39 is 0 Å². The molecule has 4 N–H and O–H groups in total. The molecule has 2 amide bonds. The number of fused-ring (bicyclic) bond motifs is 1. The molecule has 3 rings (SSSR count). The van der Waals surface area contributed by atoms with E-state index in [1.807, 2.05) is 46.8 Å². The molecule has 0 aliphatic heterocycles. The van der Waals surface area contributed by atoms with Crippen molar-refractivity contribution in [3.63, 3.8) is 0 Å². The number of hydrogen-bond donors (Lipinski definition) is 3. The molecule has 0 radical (unpaired) electrons. The lowest BCUT2D eigenvalue weighted by Crippen LogP contribution is -2.27. The number of carbonyl (C=O) groups is 2. The molecule has 3 aromatic rings. The van der Waals surface area contributed by atoms with E-state index >= 15 is 0 Å². The number of amides is 2. The predicted octanol–water partition coefficient (Wildman–Crippen LogP) is 4.33. The van der Waals surface area contributed by atoms with Crippen molar-refractivity contribution in [2.45, 2.75) is 46.6 Å². The van der Waals surface area contributed by atoms with E-state index in [1.54, 1.807) is 43.7 Å². The molecule has 0 fully saturated rings. The molecule has 36 heavy (non-hydrogen) atoms. The van der Waals surface area contributed by atoms with E-state index in [0.29, 0.717) is 22.8 Å². The summed E-state index contributed by atoms with van der Waals surface area (Å²) in [6.07, 6.45) is 4.75. The van der Waals surface area contributed by atoms with Gasteiger partial charge in [0, 0.05) is 36.6 Å². The van der Waals surface area contributed by atoms with Crippen LogP contribution in [0.4, 0.5) is 0 Å². The van der Waals surface area contributed by atoms with E-state index in [1.165, 1.54) is 6.20 Å². The Kier molecular flexibility index (Phi) is 8.09. The fourth-order valence-corrected chi connectivity index (χ4v) is 3.53. The Labute approximate surface area is 211 Å². The number of carbonyl (C=O) groups excluding carboxylic acids is 2. The number of nitrogens with zero attached hydrogens (tertiary/aromatic N) is 2. The lowest BCUT2D eigenvalue weighted by Gasteiger charge is -2.16. The minimum atomic E-state index is -0.271. The quantitative estimate of drug-likeness (QED) is 0.429. The number of ether oxygens (including phenoxy) is 1. The van der Waals surface area contributed by atoms with E-state index in [4.69, 9.17) is 10.5 Å². The van der Waals surface area contributed by atoms with Gasteiger partial charge in [-0.1, -0.05) is 6.07 Å². The van der Waals surface area contributed by atoms with Crippen LogP contribution in [0.3, 0.4) is 0 Å². The molecule has 0 unspecified atom stereocenters. The van der Waals surface area contributed by atoms with Gasteiger partial charge in [0.25, 0.3) is 5.91 Å². The fourth-order valence-electron chi connectivity index (χ4n) is 3.53. The zero-order valence-corrected chi connectivity index (χ0v) is 21.6. The zero-order chi connectivity index (χ0) is 26.5. The van der Waals surface area contributed by atoms with Crippen LogP contribution < -0.4 is 21.1 Å². The Morgan fingerprint density at radius 3 is 2.50 bits per heavy atom. The Morgan fingerprint density at radius 2 is 1.83 bits per heavy atom. The summed E-state index contributed by atoms with van der Waals surface area (Å²) < 4.78 is 6.26. The van der Waals surface area contributed by atoms with Crippen molar-refractivity contribution in [2.24, 2.45) is 10.7 Å². The van der Waals surface area contributed by atoms with Gasteiger partial charge in [-0.05, 0) is 81.6 Å². The lowest BCUT2D eigenvalue weighted by atomic mass is 9.99. The van der Waals surface area contributed by atoms with E-state index in [0.717, 1.165) is 27.6 Å². The number of aromatic nitrogens is 1. The van der Waals surface area contributed by atoms with Crippen LogP contribution in [-0.2, 0) is 11.2 Å². The largest absolute Gasteiger partial charge is 0.456 e. The molecule has 1 aromatic heterocycles. The third-order valence-electron chi connectivity index (χ3n) is 5.67. The van der Waals surface area contributed by atoms with Crippen molar-refractivity contribution in [1.82, 2.24) is 15.6 Å². The van der Waals surface area contributed by atoms with Gasteiger partial charge in [-0.25, -0.2) is 0 Å². The molecule has 188 valence electrons. The summed E-state index contributed by atoms with van der Waals surface area (Å²) in [5.41, 5.74) is 9.82. The number of nitrogens with two attached hydrogens (primary N) is 1. The van der Waals surface area contributed by atoms with Crippen LogP contribution in [0.25, 0.3) is 10.9 Å². The molecule has 0 bridgehead atoms. The van der Waals surface area contributed by atoms with E-state index in [-0.39, 0.29) is 23.8 Å². The molecule has 0 atom stereocenters. The lowest BCUT2D eigenvalue weighted by molar-refractivity contribution is -0.119. The second kappa shape index (κ2) is 11.0. The number of aliphatic imine (C=N–C) groups is 1. The fraction of sp³-hybridized carbons (Fsp3) is 0.286. The van der Waals surface area contributed by atoms with E-state index in [2.05, 4.69) is 20.6 Å². The van der Waals surface area contributed by atoms with Gasteiger partial charge in [0.1, 0.15) is 11.5 Å². The van der Waals surface area contributed by atoms with Crippen molar-refractivity contribution < 1.29 is 14.3 Å². The van der Waals surface area contributed by atoms with Crippen LogP contribution in [0, 0.1) is 13.8 Å². The maximum absolute atomic E-state index is 12.7. The Bertz CT molecular complexity index is 1350. The summed E-state index contributed by atoms with van der Waals surface area (Å²) >= 11 is 0. The highest BCUT2D eigenvalue weighted by atomic mass is 16.5. The summed E-state index contributed by atoms with van der Waals surface area (Å²) in [6, 6.07) is 10.8. The van der Waals surface area contributed by atoms with Crippen molar-refractivity contribution in [3.05, 3.63) is 76.7 Å². The first kappa shape index (κ1) is 26.4. The average molecular weight is 488 g/mol. The standard InChI is InChI=1S/C28H33N5O3/c1-17-18(2)24(10-8-19(17)14-26(34)33-21(15-29)16-32-28(3,4)5)36-25-11-12-31-23-9-7-20(13-22(23)25)27(35)30-6/h7-13,15-16H,14,29H2,1-6H3,(H,30,35)(H,33,34)/b21-15+,32-16?. The van der Waals surface area contributed by atoms with E-state index in [9.17, 15) is 9.59 Å². The molecule has 0 aliphatic rings. The van der Waals surface area contributed by atoms with Crippen LogP contribution in [0.2, 0.25) is 0 Å². The predicted molar refractivity (Wildman–Crippen MR) is 143 cm³/mol. The summed E-state index contributed by atoms with van der Waals surface area (Å²) in [5.74, 6) is 0.882. The van der Waals surface area contributed by atoms with Crippen LogP contribution in [0.15, 0.2) is 59.5 Å². The maximum atomic E-state index is 12.7. The van der Waals surface area contributed by atoms with Crippen molar-refractivity contribution >= 4 is 28.9 Å².